The molecule has 1 saturated carbocycles. The van der Waals surface area contributed by atoms with Crippen molar-refractivity contribution in [3.63, 3.8) is 0 Å². The fourth-order valence-corrected chi connectivity index (χ4v) is 5.44. The number of hydrogen-bond acceptors (Lipinski definition) is 5. The van der Waals surface area contributed by atoms with Crippen LogP contribution in [0.4, 0.5) is 0 Å². The van der Waals surface area contributed by atoms with Gasteiger partial charge < -0.3 is 15.4 Å². The zero-order valence-corrected chi connectivity index (χ0v) is 16.4. The van der Waals surface area contributed by atoms with Gasteiger partial charge in [-0.1, -0.05) is 0 Å². The average molecular weight is 395 g/mol. The first-order valence-electron chi connectivity index (χ1n) is 9.62. The molecule has 3 N–H and O–H groups in total. The van der Waals surface area contributed by atoms with Crippen LogP contribution < -0.4 is 11.2 Å². The summed E-state index contributed by atoms with van der Waals surface area (Å²) in [5.41, 5.74) is 9.16. The van der Waals surface area contributed by atoms with E-state index < -0.39 is 11.4 Å². The molecule has 0 aliphatic heterocycles. The van der Waals surface area contributed by atoms with E-state index in [1.54, 1.807) is 17.4 Å². The molecule has 0 saturated heterocycles. The third-order valence-electron chi connectivity index (χ3n) is 5.76. The summed E-state index contributed by atoms with van der Waals surface area (Å²) in [4.78, 5) is 31.5. The first-order chi connectivity index (χ1) is 13.4. The first-order valence-corrected chi connectivity index (χ1v) is 10.4. The van der Waals surface area contributed by atoms with Crippen LogP contribution in [-0.2, 0) is 6.42 Å². The third-order valence-corrected chi connectivity index (χ3v) is 6.98. The van der Waals surface area contributed by atoms with Crippen LogP contribution in [0.2, 0.25) is 0 Å². The zero-order valence-electron chi connectivity index (χ0n) is 15.6. The molecular weight excluding hydrogens is 374 g/mol. The fraction of sp³-hybridized carbons (Fsp3) is 0.381. The number of thiophene rings is 1. The minimum atomic E-state index is -1.19. The van der Waals surface area contributed by atoms with Crippen LogP contribution in [0.1, 0.15) is 64.1 Å². The van der Waals surface area contributed by atoms with Gasteiger partial charge in [-0.3, -0.25) is 4.79 Å². The van der Waals surface area contributed by atoms with Gasteiger partial charge >= 0.3 is 5.97 Å². The highest BCUT2D eigenvalue weighted by Crippen LogP contribution is 2.41. The van der Waals surface area contributed by atoms with Gasteiger partial charge in [-0.05, 0) is 62.3 Å². The number of aromatic carboxylic acids is 1. The Labute approximate surface area is 165 Å². The van der Waals surface area contributed by atoms with E-state index >= 15 is 0 Å². The van der Waals surface area contributed by atoms with E-state index in [1.807, 2.05) is 11.5 Å². The lowest BCUT2D eigenvalue weighted by Crippen LogP contribution is -2.19. The number of hydrogen-bond donors (Lipinski definition) is 2. The Balaban J connectivity index is 1.75. The maximum Gasteiger partial charge on any atom is 0.341 e. The Hall–Kier alpha value is -2.51. The van der Waals surface area contributed by atoms with Gasteiger partial charge in [0.25, 0.3) is 0 Å². The lowest BCUT2D eigenvalue weighted by atomic mass is 9.94. The van der Waals surface area contributed by atoms with Crippen LogP contribution in [0, 0.1) is 6.92 Å². The summed E-state index contributed by atoms with van der Waals surface area (Å²) in [5, 5.41) is 9.81. The van der Waals surface area contributed by atoms with Crippen LogP contribution in [0.15, 0.2) is 23.1 Å². The second-order valence-electron chi connectivity index (χ2n) is 7.83. The number of carboxylic acid groups (broad SMARTS) is 1. The standard InChI is InChI=1S/C21H21N3O3S/c1-10-7-13-19(25)14(21(26)27)9-24(11-5-6-11)20(13)23-18(10)17-8-12-15(22)3-2-4-16(12)28-17/h7-9,11,15H,2-6,22H2,1H3,(H,26,27). The number of fused-ring (bicyclic) bond motifs is 2. The lowest BCUT2D eigenvalue weighted by Gasteiger charge is -2.17. The zero-order chi connectivity index (χ0) is 19.6. The molecule has 5 rings (SSSR count). The fourth-order valence-electron chi connectivity index (χ4n) is 4.11. The second kappa shape index (κ2) is 6.25. The SMILES string of the molecule is Cc1cc2c(=O)c(C(=O)O)cn(C3CC3)c2nc1-c1cc2c(s1)CCCC2N. The average Bonchev–Trinajstić information content (AvgIpc) is 3.40. The van der Waals surface area contributed by atoms with Crippen LogP contribution >= 0.6 is 11.3 Å². The summed E-state index contributed by atoms with van der Waals surface area (Å²) < 4.78 is 1.88. The van der Waals surface area contributed by atoms with Crippen molar-refractivity contribution in [1.82, 2.24) is 9.55 Å². The van der Waals surface area contributed by atoms with Gasteiger partial charge in [0.1, 0.15) is 11.2 Å². The summed E-state index contributed by atoms with van der Waals surface area (Å²) in [6, 6.07) is 4.24. The largest absolute Gasteiger partial charge is 0.477 e. The van der Waals surface area contributed by atoms with Crippen LogP contribution in [0.3, 0.4) is 0 Å². The predicted octanol–water partition coefficient (Wildman–Crippen LogP) is 3.80. The number of carbonyl (C=O) groups is 1. The first kappa shape index (κ1) is 17.6. The quantitative estimate of drug-likeness (QED) is 0.703. The van der Waals surface area contributed by atoms with Gasteiger partial charge in [0.15, 0.2) is 0 Å². The molecule has 144 valence electrons. The maximum absolute atomic E-state index is 12.7. The summed E-state index contributed by atoms with van der Waals surface area (Å²) in [5.74, 6) is -1.19. The smallest absolute Gasteiger partial charge is 0.341 e. The van der Waals surface area contributed by atoms with Crippen molar-refractivity contribution in [2.45, 2.75) is 51.1 Å². The molecule has 3 heterocycles. The molecule has 6 nitrogen and oxygen atoms in total. The number of rotatable bonds is 3. The van der Waals surface area contributed by atoms with Crippen molar-refractivity contribution in [2.24, 2.45) is 5.73 Å². The van der Waals surface area contributed by atoms with Crippen molar-refractivity contribution in [3.8, 4) is 10.6 Å². The Morgan fingerprint density at radius 1 is 1.32 bits per heavy atom. The van der Waals surface area contributed by atoms with E-state index in [2.05, 4.69) is 6.07 Å². The summed E-state index contributed by atoms with van der Waals surface area (Å²) in [7, 11) is 0. The Kier molecular flexibility index (Phi) is 3.93. The molecule has 1 atom stereocenters. The molecule has 0 amide bonds. The number of nitrogens with two attached hydrogens (primary N) is 1. The van der Waals surface area contributed by atoms with Gasteiger partial charge in [-0.2, -0.15) is 0 Å². The third kappa shape index (κ3) is 2.69. The number of carboxylic acids is 1. The topological polar surface area (TPSA) is 98.2 Å². The van der Waals surface area contributed by atoms with E-state index in [9.17, 15) is 14.7 Å². The van der Waals surface area contributed by atoms with E-state index in [-0.39, 0.29) is 17.6 Å². The molecule has 7 heteroatoms. The molecule has 0 radical (unpaired) electrons. The van der Waals surface area contributed by atoms with Crippen molar-refractivity contribution in [2.75, 3.05) is 0 Å². The predicted molar refractivity (Wildman–Crippen MR) is 109 cm³/mol. The van der Waals surface area contributed by atoms with Crippen LogP contribution in [0.5, 0.6) is 0 Å². The Morgan fingerprint density at radius 3 is 2.79 bits per heavy atom. The molecule has 0 bridgehead atoms. The van der Waals surface area contributed by atoms with E-state index in [0.717, 1.165) is 48.2 Å². The summed E-state index contributed by atoms with van der Waals surface area (Å²) in [6.45, 7) is 1.93. The molecular formula is C21H21N3O3S. The Bertz CT molecular complexity index is 1190. The highest BCUT2D eigenvalue weighted by Gasteiger charge is 2.28. The molecule has 0 spiro atoms. The van der Waals surface area contributed by atoms with Crippen LogP contribution in [0.25, 0.3) is 21.6 Å². The van der Waals surface area contributed by atoms with Crippen LogP contribution in [-0.4, -0.2) is 20.6 Å². The van der Waals surface area contributed by atoms with Crippen molar-refractivity contribution < 1.29 is 9.90 Å². The number of aromatic nitrogens is 2. The summed E-state index contributed by atoms with van der Waals surface area (Å²) in [6.07, 6.45) is 6.58. The highest BCUT2D eigenvalue weighted by atomic mass is 32.1. The molecule has 2 aliphatic rings. The molecule has 3 aromatic rings. The Morgan fingerprint density at radius 2 is 2.11 bits per heavy atom. The van der Waals surface area contributed by atoms with Gasteiger partial charge in [-0.15, -0.1) is 11.3 Å². The molecule has 28 heavy (non-hydrogen) atoms. The number of nitrogens with zero attached hydrogens (tertiary/aromatic N) is 2. The normalized spacial score (nSPS) is 19.0. The van der Waals surface area contributed by atoms with Gasteiger partial charge in [0, 0.05) is 23.2 Å². The van der Waals surface area contributed by atoms with Gasteiger partial charge in [-0.25, -0.2) is 9.78 Å². The minimum Gasteiger partial charge on any atom is -0.477 e. The molecule has 1 unspecified atom stereocenters. The van der Waals surface area contributed by atoms with E-state index in [4.69, 9.17) is 10.7 Å². The number of aryl methyl sites for hydroxylation is 2. The van der Waals surface area contributed by atoms with E-state index in [1.165, 1.54) is 16.6 Å². The maximum atomic E-state index is 12.7. The minimum absolute atomic E-state index is 0.0808. The molecule has 3 aromatic heterocycles. The second-order valence-corrected chi connectivity index (χ2v) is 8.97. The van der Waals surface area contributed by atoms with Crippen molar-refractivity contribution in [1.29, 1.82) is 0 Å². The highest BCUT2D eigenvalue weighted by molar-refractivity contribution is 7.15. The molecule has 0 aromatic carbocycles. The molecule has 2 aliphatic carbocycles. The van der Waals surface area contributed by atoms with Crippen molar-refractivity contribution >= 4 is 28.3 Å². The monoisotopic (exact) mass is 395 g/mol. The van der Waals surface area contributed by atoms with Gasteiger partial charge in [0.05, 0.1) is 16.0 Å². The number of pyridine rings is 2. The van der Waals surface area contributed by atoms with E-state index in [0.29, 0.717) is 11.0 Å². The molecule has 1 fully saturated rings. The van der Waals surface area contributed by atoms with Crippen molar-refractivity contribution in [3.05, 3.63) is 50.1 Å². The summed E-state index contributed by atoms with van der Waals surface area (Å²) >= 11 is 1.73. The van der Waals surface area contributed by atoms with Gasteiger partial charge in [0.2, 0.25) is 5.43 Å². The lowest BCUT2D eigenvalue weighted by molar-refractivity contribution is 0.0695.